The van der Waals surface area contributed by atoms with E-state index in [0.717, 1.165) is 11.5 Å². The maximum absolute atomic E-state index is 4.54. The first-order valence-corrected chi connectivity index (χ1v) is 5.24. The molecule has 0 bridgehead atoms. The highest BCUT2D eigenvalue weighted by Crippen LogP contribution is 2.25. The molecule has 1 aromatic rings. The third-order valence-electron chi connectivity index (χ3n) is 2.63. The van der Waals surface area contributed by atoms with Crippen LogP contribution in [0.3, 0.4) is 0 Å². The molecular formula is C12H16N2. The second-order valence-corrected chi connectivity index (χ2v) is 3.63. The fourth-order valence-electron chi connectivity index (χ4n) is 1.82. The summed E-state index contributed by atoms with van der Waals surface area (Å²) in [6.07, 6.45) is 7.35. The Kier molecular flexibility index (Phi) is 2.82. The molecule has 0 saturated heterocycles. The summed E-state index contributed by atoms with van der Waals surface area (Å²) in [5.74, 6) is 0.953. The Balaban J connectivity index is 2.26. The van der Waals surface area contributed by atoms with E-state index in [9.17, 15) is 0 Å². The lowest BCUT2D eigenvalue weighted by atomic mass is 9.97. The van der Waals surface area contributed by atoms with Gasteiger partial charge in [0.05, 0.1) is 5.69 Å². The molecule has 0 atom stereocenters. The number of nitrogens with one attached hydrogen (secondary N) is 1. The van der Waals surface area contributed by atoms with Gasteiger partial charge in [-0.1, -0.05) is 12.1 Å². The summed E-state index contributed by atoms with van der Waals surface area (Å²) < 4.78 is 0. The van der Waals surface area contributed by atoms with E-state index < -0.39 is 0 Å². The third kappa shape index (κ3) is 1.95. The van der Waals surface area contributed by atoms with Crippen LogP contribution >= 0.6 is 0 Å². The Morgan fingerprint density at radius 2 is 2.21 bits per heavy atom. The predicted molar refractivity (Wildman–Crippen MR) is 60.2 cm³/mol. The molecule has 74 valence electrons. The molecule has 14 heavy (non-hydrogen) atoms. The van der Waals surface area contributed by atoms with Crippen LogP contribution in [-0.2, 0) is 0 Å². The minimum absolute atomic E-state index is 0.953. The fourth-order valence-corrected chi connectivity index (χ4v) is 1.82. The Bertz CT molecular complexity index is 342. The van der Waals surface area contributed by atoms with Gasteiger partial charge in [-0.05, 0) is 43.4 Å². The molecule has 0 amide bonds. The zero-order valence-electron chi connectivity index (χ0n) is 8.59. The maximum Gasteiger partial charge on any atom is 0.126 e. The summed E-state index contributed by atoms with van der Waals surface area (Å²) >= 11 is 0. The van der Waals surface area contributed by atoms with Gasteiger partial charge in [0.2, 0.25) is 0 Å². The molecule has 2 heteroatoms. The van der Waals surface area contributed by atoms with Crippen molar-refractivity contribution in [2.75, 3.05) is 12.4 Å². The normalized spacial score (nSPS) is 16.2. The molecule has 1 aliphatic carbocycles. The lowest BCUT2D eigenvalue weighted by Gasteiger charge is -2.12. The molecule has 2 rings (SSSR count). The number of rotatable bonds is 2. The summed E-state index contributed by atoms with van der Waals surface area (Å²) in [6, 6.07) is 6.15. The van der Waals surface area contributed by atoms with Crippen LogP contribution < -0.4 is 5.32 Å². The average molecular weight is 188 g/mol. The van der Waals surface area contributed by atoms with Crippen LogP contribution in [0.4, 0.5) is 5.82 Å². The molecule has 1 N–H and O–H groups in total. The van der Waals surface area contributed by atoms with Crippen LogP contribution in [0.25, 0.3) is 5.57 Å². The number of hydrogen-bond acceptors (Lipinski definition) is 2. The minimum atomic E-state index is 0.953. The van der Waals surface area contributed by atoms with Gasteiger partial charge in [-0.2, -0.15) is 0 Å². The average Bonchev–Trinajstić information content (AvgIpc) is 2.30. The number of allylic oxidation sites excluding steroid dienone is 2. The molecule has 0 unspecified atom stereocenters. The summed E-state index contributed by atoms with van der Waals surface area (Å²) in [4.78, 5) is 4.54. The topological polar surface area (TPSA) is 24.9 Å². The van der Waals surface area contributed by atoms with Gasteiger partial charge in [0.25, 0.3) is 0 Å². The van der Waals surface area contributed by atoms with E-state index in [1.807, 2.05) is 13.1 Å². The van der Waals surface area contributed by atoms with E-state index in [-0.39, 0.29) is 0 Å². The van der Waals surface area contributed by atoms with Gasteiger partial charge in [-0.25, -0.2) is 4.98 Å². The first-order valence-electron chi connectivity index (χ1n) is 5.24. The molecule has 0 saturated carbocycles. The van der Waals surface area contributed by atoms with E-state index in [4.69, 9.17) is 0 Å². The zero-order chi connectivity index (χ0) is 9.80. The molecule has 1 heterocycles. The summed E-state index contributed by atoms with van der Waals surface area (Å²) in [6.45, 7) is 0. The lowest BCUT2D eigenvalue weighted by molar-refractivity contribution is 0.740. The van der Waals surface area contributed by atoms with E-state index in [2.05, 4.69) is 28.5 Å². The van der Waals surface area contributed by atoms with E-state index in [0.29, 0.717) is 0 Å². The summed E-state index contributed by atoms with van der Waals surface area (Å²) in [5.41, 5.74) is 2.55. The Hall–Kier alpha value is -1.31. The van der Waals surface area contributed by atoms with E-state index in [1.54, 1.807) is 0 Å². The van der Waals surface area contributed by atoms with Crippen molar-refractivity contribution in [2.45, 2.75) is 25.7 Å². The van der Waals surface area contributed by atoms with Crippen molar-refractivity contribution in [1.29, 1.82) is 0 Å². The van der Waals surface area contributed by atoms with Crippen LogP contribution in [-0.4, -0.2) is 12.0 Å². The van der Waals surface area contributed by atoms with E-state index >= 15 is 0 Å². The van der Waals surface area contributed by atoms with Gasteiger partial charge in [-0.15, -0.1) is 0 Å². The first kappa shape index (κ1) is 9.25. The van der Waals surface area contributed by atoms with Crippen molar-refractivity contribution in [3.05, 3.63) is 30.0 Å². The first-order chi connectivity index (χ1) is 6.90. The fraction of sp³-hybridized carbons (Fsp3) is 0.417. The largest absolute Gasteiger partial charge is 0.373 e. The molecule has 1 aliphatic rings. The van der Waals surface area contributed by atoms with Crippen molar-refractivity contribution in [3.63, 3.8) is 0 Å². The van der Waals surface area contributed by atoms with Crippen LogP contribution in [0.2, 0.25) is 0 Å². The van der Waals surface area contributed by atoms with Crippen LogP contribution in [0.5, 0.6) is 0 Å². The molecule has 1 aromatic heterocycles. The summed E-state index contributed by atoms with van der Waals surface area (Å²) in [5, 5.41) is 3.07. The van der Waals surface area contributed by atoms with Crippen LogP contribution in [0.15, 0.2) is 24.3 Å². The van der Waals surface area contributed by atoms with Gasteiger partial charge in [0, 0.05) is 7.05 Å². The van der Waals surface area contributed by atoms with Gasteiger partial charge < -0.3 is 5.32 Å². The number of hydrogen-bond donors (Lipinski definition) is 1. The monoisotopic (exact) mass is 188 g/mol. The second kappa shape index (κ2) is 4.27. The zero-order valence-corrected chi connectivity index (χ0v) is 8.59. The summed E-state index contributed by atoms with van der Waals surface area (Å²) in [7, 11) is 1.90. The Morgan fingerprint density at radius 1 is 1.29 bits per heavy atom. The molecule has 0 aromatic carbocycles. The Labute approximate surface area is 85.1 Å². The smallest absolute Gasteiger partial charge is 0.126 e. The van der Waals surface area contributed by atoms with Crippen molar-refractivity contribution >= 4 is 11.4 Å². The minimum Gasteiger partial charge on any atom is -0.373 e. The van der Waals surface area contributed by atoms with Crippen molar-refractivity contribution in [1.82, 2.24) is 4.98 Å². The second-order valence-electron chi connectivity index (χ2n) is 3.63. The Morgan fingerprint density at radius 3 is 2.93 bits per heavy atom. The quantitative estimate of drug-likeness (QED) is 0.771. The molecule has 0 aliphatic heterocycles. The number of pyridine rings is 1. The van der Waals surface area contributed by atoms with Crippen LogP contribution in [0, 0.1) is 0 Å². The number of anilines is 1. The van der Waals surface area contributed by atoms with Crippen molar-refractivity contribution < 1.29 is 0 Å². The standard InChI is InChI=1S/C12H16N2/c1-13-12-9-5-8-11(14-12)10-6-3-2-4-7-10/h5-6,8-9H,2-4,7H2,1H3,(H,13,14). The molecule has 0 radical (unpaired) electrons. The molecule has 2 nitrogen and oxygen atoms in total. The highest BCUT2D eigenvalue weighted by molar-refractivity contribution is 5.64. The van der Waals surface area contributed by atoms with Gasteiger partial charge in [0.1, 0.15) is 5.82 Å². The van der Waals surface area contributed by atoms with Crippen LogP contribution in [0.1, 0.15) is 31.4 Å². The van der Waals surface area contributed by atoms with Crippen molar-refractivity contribution in [2.24, 2.45) is 0 Å². The highest BCUT2D eigenvalue weighted by atomic mass is 15.0. The van der Waals surface area contributed by atoms with E-state index in [1.165, 1.54) is 31.3 Å². The van der Waals surface area contributed by atoms with Gasteiger partial charge in [0.15, 0.2) is 0 Å². The molecular weight excluding hydrogens is 172 g/mol. The molecule has 0 spiro atoms. The third-order valence-corrected chi connectivity index (χ3v) is 2.63. The molecule has 0 fully saturated rings. The number of nitrogens with zero attached hydrogens (tertiary/aromatic N) is 1. The number of aromatic nitrogens is 1. The predicted octanol–water partition coefficient (Wildman–Crippen LogP) is 3.08. The maximum atomic E-state index is 4.54. The van der Waals surface area contributed by atoms with Crippen molar-refractivity contribution in [3.8, 4) is 0 Å². The van der Waals surface area contributed by atoms with Gasteiger partial charge >= 0.3 is 0 Å². The van der Waals surface area contributed by atoms with Gasteiger partial charge in [-0.3, -0.25) is 0 Å². The highest BCUT2D eigenvalue weighted by Gasteiger charge is 2.07. The SMILES string of the molecule is CNc1cccc(C2=CCCCC2)n1. The lowest BCUT2D eigenvalue weighted by Crippen LogP contribution is -1.98.